The highest BCUT2D eigenvalue weighted by molar-refractivity contribution is 7.47. The first kappa shape index (κ1) is 43.0. The summed E-state index contributed by atoms with van der Waals surface area (Å²) in [4.78, 5) is 22.9. The highest BCUT2D eigenvalue weighted by Gasteiger charge is 2.27. The molecule has 0 saturated heterocycles. The van der Waals surface area contributed by atoms with Crippen molar-refractivity contribution in [3.63, 3.8) is 0 Å². The summed E-state index contributed by atoms with van der Waals surface area (Å²) < 4.78 is 23.3. The number of allylic oxidation sites excluding steroid dienone is 3. The Morgan fingerprint density at radius 3 is 1.75 bits per heavy atom. The van der Waals surface area contributed by atoms with Crippen molar-refractivity contribution < 1.29 is 32.9 Å². The van der Waals surface area contributed by atoms with E-state index < -0.39 is 20.0 Å². The van der Waals surface area contributed by atoms with Crippen molar-refractivity contribution in [1.29, 1.82) is 0 Å². The van der Waals surface area contributed by atoms with Crippen LogP contribution in [-0.2, 0) is 18.4 Å². The van der Waals surface area contributed by atoms with Gasteiger partial charge in [0.25, 0.3) is 0 Å². The largest absolute Gasteiger partial charge is 0.472 e. The molecule has 0 bridgehead atoms. The summed E-state index contributed by atoms with van der Waals surface area (Å²) in [5, 5.41) is 13.6. The fourth-order valence-corrected chi connectivity index (χ4v) is 5.47. The lowest BCUT2D eigenvalue weighted by Gasteiger charge is -2.25. The Bertz CT molecular complexity index is 784. The van der Waals surface area contributed by atoms with Gasteiger partial charge in [-0.1, -0.05) is 115 Å². The van der Waals surface area contributed by atoms with Gasteiger partial charge in [-0.25, -0.2) is 4.57 Å². The van der Waals surface area contributed by atoms with Gasteiger partial charge in [-0.15, -0.1) is 0 Å². The lowest BCUT2D eigenvalue weighted by Crippen LogP contribution is -2.45. The molecule has 8 nitrogen and oxygen atoms in total. The second kappa shape index (κ2) is 28.2. The smallest absolute Gasteiger partial charge is 0.387 e. The molecule has 1 amide bonds. The number of phosphoric acid groups is 1. The summed E-state index contributed by atoms with van der Waals surface area (Å²) in [6.07, 6.45) is 29.6. The number of aliphatic hydroxyl groups is 1. The molecule has 3 atom stereocenters. The first-order valence-corrected chi connectivity index (χ1v) is 19.2. The number of rotatable bonds is 31. The highest BCUT2D eigenvalue weighted by Crippen LogP contribution is 2.43. The van der Waals surface area contributed by atoms with Gasteiger partial charge in [0.2, 0.25) is 5.91 Å². The number of nitrogens with one attached hydrogen (secondary N) is 1. The topological polar surface area (TPSA) is 105 Å². The maximum absolute atomic E-state index is 12.7. The van der Waals surface area contributed by atoms with Gasteiger partial charge in [0.1, 0.15) is 13.2 Å². The Labute approximate surface area is 271 Å². The van der Waals surface area contributed by atoms with Crippen molar-refractivity contribution in [2.75, 3.05) is 40.9 Å². The minimum Gasteiger partial charge on any atom is -0.387 e. The van der Waals surface area contributed by atoms with Crippen molar-refractivity contribution in [1.82, 2.24) is 5.32 Å². The summed E-state index contributed by atoms with van der Waals surface area (Å²) in [5.41, 5.74) is 0. The minimum atomic E-state index is -4.32. The van der Waals surface area contributed by atoms with E-state index in [4.69, 9.17) is 9.05 Å². The van der Waals surface area contributed by atoms with Crippen molar-refractivity contribution in [3.05, 3.63) is 24.3 Å². The van der Waals surface area contributed by atoms with Crippen LogP contribution in [0.1, 0.15) is 142 Å². The third kappa shape index (κ3) is 29.7. The normalized spacial score (nSPS) is 15.2. The maximum Gasteiger partial charge on any atom is 0.472 e. The van der Waals surface area contributed by atoms with Gasteiger partial charge in [-0.2, -0.15) is 0 Å². The number of nitrogens with zero attached hydrogens (tertiary/aromatic N) is 1. The van der Waals surface area contributed by atoms with E-state index in [1.807, 2.05) is 27.2 Å². The summed E-state index contributed by atoms with van der Waals surface area (Å²) in [7, 11) is 1.56. The van der Waals surface area contributed by atoms with E-state index in [9.17, 15) is 19.4 Å². The summed E-state index contributed by atoms with van der Waals surface area (Å²) >= 11 is 0. The predicted molar refractivity (Wildman–Crippen MR) is 185 cm³/mol. The van der Waals surface area contributed by atoms with Crippen LogP contribution in [0.5, 0.6) is 0 Å². The second-order valence-corrected chi connectivity index (χ2v) is 14.7. The van der Waals surface area contributed by atoms with Crippen LogP contribution in [0.3, 0.4) is 0 Å². The van der Waals surface area contributed by atoms with E-state index in [-0.39, 0.29) is 19.1 Å². The van der Waals surface area contributed by atoms with Crippen LogP contribution in [0.2, 0.25) is 0 Å². The molecule has 0 aliphatic heterocycles. The van der Waals surface area contributed by atoms with Gasteiger partial charge < -0.3 is 19.8 Å². The molecule has 0 aromatic rings. The Balaban J connectivity index is 4.59. The van der Waals surface area contributed by atoms with Gasteiger partial charge in [0.05, 0.1) is 39.9 Å². The summed E-state index contributed by atoms with van der Waals surface area (Å²) in [6, 6.07) is -0.847. The average Bonchev–Trinajstić information content (AvgIpc) is 2.95. The van der Waals surface area contributed by atoms with Crippen LogP contribution in [0, 0.1) is 0 Å². The molecule has 0 spiro atoms. The second-order valence-electron chi connectivity index (χ2n) is 13.2. The number of hydrogen-bond acceptors (Lipinski definition) is 5. The van der Waals surface area contributed by atoms with Crippen LogP contribution in [-0.4, -0.2) is 73.4 Å². The molecule has 0 aliphatic carbocycles. The SMILES string of the molecule is CCCCCCCC/C=C\CCCCCC(=O)NC(COP(=O)(O)OCC[N+](C)(C)C)C(O)/C=C/CCCCCCCCC. The van der Waals surface area contributed by atoms with Crippen molar-refractivity contribution in [2.24, 2.45) is 0 Å². The van der Waals surface area contributed by atoms with E-state index in [1.54, 1.807) is 6.08 Å². The van der Waals surface area contributed by atoms with Crippen molar-refractivity contribution in [2.45, 2.75) is 154 Å². The fraction of sp³-hybridized carbons (Fsp3) is 0.857. The molecule has 9 heteroatoms. The van der Waals surface area contributed by atoms with Crippen LogP contribution >= 0.6 is 7.82 Å². The lowest BCUT2D eigenvalue weighted by molar-refractivity contribution is -0.870. The van der Waals surface area contributed by atoms with Crippen LogP contribution in [0.4, 0.5) is 0 Å². The number of unbranched alkanes of at least 4 members (excludes halogenated alkanes) is 16. The van der Waals surface area contributed by atoms with Gasteiger partial charge >= 0.3 is 7.82 Å². The number of quaternary nitrogens is 1. The van der Waals surface area contributed by atoms with Crippen LogP contribution in [0.15, 0.2) is 24.3 Å². The first-order valence-electron chi connectivity index (χ1n) is 17.7. The number of carbonyl (C=O) groups excluding carboxylic acids is 1. The molecule has 0 heterocycles. The van der Waals surface area contributed by atoms with Gasteiger partial charge in [-0.3, -0.25) is 13.8 Å². The Morgan fingerprint density at radius 2 is 1.23 bits per heavy atom. The zero-order valence-electron chi connectivity index (χ0n) is 29.1. The molecular formula is C35H70N2O6P+. The zero-order chi connectivity index (χ0) is 32.9. The van der Waals surface area contributed by atoms with Crippen molar-refractivity contribution >= 4 is 13.7 Å². The van der Waals surface area contributed by atoms with E-state index in [2.05, 4.69) is 31.3 Å². The number of hydrogen-bond donors (Lipinski definition) is 3. The van der Waals surface area contributed by atoms with Crippen molar-refractivity contribution in [3.8, 4) is 0 Å². The standard InChI is InChI=1S/C35H69N2O6P/c1-6-8-10-12-14-16-17-18-19-21-23-25-27-29-35(39)36-33(32-43-44(40,41)42-31-30-37(3,4)5)34(38)28-26-24-22-20-15-13-11-9-7-2/h18-19,26,28,33-34,38H,6-17,20-25,27,29-32H2,1-5H3,(H-,36,39,40,41)/p+1/b19-18-,28-26+. The third-order valence-corrected chi connectivity index (χ3v) is 8.65. The third-order valence-electron chi connectivity index (χ3n) is 7.67. The fourth-order valence-electron chi connectivity index (χ4n) is 4.74. The van der Waals surface area contributed by atoms with Crippen LogP contribution < -0.4 is 5.32 Å². The number of amides is 1. The Kier molecular flexibility index (Phi) is 27.6. The minimum absolute atomic E-state index is 0.0590. The first-order chi connectivity index (χ1) is 21.0. The molecule has 44 heavy (non-hydrogen) atoms. The van der Waals surface area contributed by atoms with E-state index >= 15 is 0 Å². The Morgan fingerprint density at radius 1 is 0.750 bits per heavy atom. The van der Waals surface area contributed by atoms with Gasteiger partial charge in [0, 0.05) is 6.42 Å². The lowest BCUT2D eigenvalue weighted by atomic mass is 10.1. The Hall–Kier alpha value is -1.02. The summed E-state index contributed by atoms with van der Waals surface area (Å²) in [5.74, 6) is -0.199. The molecule has 3 N–H and O–H groups in total. The number of phosphoric ester groups is 1. The van der Waals surface area contributed by atoms with Crippen LogP contribution in [0.25, 0.3) is 0 Å². The summed E-state index contributed by atoms with van der Waals surface area (Å²) in [6.45, 7) is 4.73. The monoisotopic (exact) mass is 645 g/mol. The van der Waals surface area contributed by atoms with E-state index in [0.717, 1.165) is 51.4 Å². The number of aliphatic hydroxyl groups excluding tert-OH is 1. The van der Waals surface area contributed by atoms with Gasteiger partial charge in [0.15, 0.2) is 0 Å². The molecule has 0 saturated carbocycles. The molecular weight excluding hydrogens is 575 g/mol. The molecule has 0 radical (unpaired) electrons. The molecule has 0 aromatic heterocycles. The molecule has 0 aliphatic rings. The maximum atomic E-state index is 12.7. The molecule has 260 valence electrons. The highest BCUT2D eigenvalue weighted by atomic mass is 31.2. The average molecular weight is 646 g/mol. The molecule has 0 aromatic carbocycles. The number of likely N-dealkylation sites (N-methyl/N-ethyl adjacent to an activating group) is 1. The molecule has 0 rings (SSSR count). The zero-order valence-corrected chi connectivity index (χ0v) is 30.0. The quantitative estimate of drug-likeness (QED) is 0.0302. The van der Waals surface area contributed by atoms with Gasteiger partial charge in [-0.05, 0) is 44.9 Å². The predicted octanol–water partition coefficient (Wildman–Crippen LogP) is 8.63. The van der Waals surface area contributed by atoms with E-state index in [0.29, 0.717) is 17.4 Å². The molecule has 0 fully saturated rings. The number of carbonyl (C=O) groups is 1. The van der Waals surface area contributed by atoms with E-state index in [1.165, 1.54) is 70.6 Å². The molecule has 3 unspecified atom stereocenters.